The summed E-state index contributed by atoms with van der Waals surface area (Å²) in [5.74, 6) is 2.48. The molecule has 2 heterocycles. The van der Waals surface area contributed by atoms with Crippen LogP contribution < -0.4 is 4.90 Å². The predicted molar refractivity (Wildman–Crippen MR) is 238 cm³/mol. The molecule has 10 aromatic rings. The Morgan fingerprint density at radius 3 is 2.02 bits per heavy atom. The van der Waals surface area contributed by atoms with Crippen LogP contribution in [0.1, 0.15) is 37.2 Å². The fourth-order valence-corrected chi connectivity index (χ4v) is 11.4. The number of nitrogens with zero attached hydrogens (tertiary/aromatic N) is 1. The van der Waals surface area contributed by atoms with Gasteiger partial charge >= 0.3 is 0 Å². The molecule has 56 heavy (non-hydrogen) atoms. The molecular weight excluding hydrogens is 699 g/mol. The zero-order valence-electron chi connectivity index (χ0n) is 31.0. The molecule has 2 aliphatic carbocycles. The number of rotatable bonds is 6. The summed E-state index contributed by atoms with van der Waals surface area (Å²) in [6.45, 7) is 0. The van der Waals surface area contributed by atoms with Crippen LogP contribution in [0.3, 0.4) is 0 Å². The van der Waals surface area contributed by atoms with Crippen LogP contribution in [-0.4, -0.2) is 0 Å². The zero-order chi connectivity index (χ0) is 36.7. The van der Waals surface area contributed by atoms with Crippen LogP contribution in [0.15, 0.2) is 174 Å². The second kappa shape index (κ2) is 12.7. The number of anilines is 3. The number of hydrogen-bond acceptors (Lipinski definition) is 3. The Kier molecular flexibility index (Phi) is 7.28. The van der Waals surface area contributed by atoms with Crippen molar-refractivity contribution in [3.63, 3.8) is 0 Å². The summed E-state index contributed by atoms with van der Waals surface area (Å²) < 4.78 is 9.26. The topological polar surface area (TPSA) is 16.4 Å². The van der Waals surface area contributed by atoms with Gasteiger partial charge in [-0.3, -0.25) is 0 Å². The van der Waals surface area contributed by atoms with E-state index >= 15 is 0 Å². The smallest absolute Gasteiger partial charge is 0.137 e. The summed E-state index contributed by atoms with van der Waals surface area (Å²) in [7, 11) is 0. The first kappa shape index (κ1) is 32.1. The SMILES string of the molecule is c1ccc(-c2cccc3cccc(-c4ccc(N(c5ccc6c(c5)oc5ccc(C7C[C@@H]8CCC7C8)cc56)c5ccc6sc7ccccc7c6c5)cc4)c23)cc1. The molecule has 2 unspecified atom stereocenters. The molecule has 0 aliphatic heterocycles. The van der Waals surface area contributed by atoms with Gasteiger partial charge in [-0.2, -0.15) is 0 Å². The monoisotopic (exact) mass is 737 g/mol. The molecular formula is C53H39NOS. The van der Waals surface area contributed by atoms with Crippen molar-refractivity contribution in [3.05, 3.63) is 175 Å². The van der Waals surface area contributed by atoms with Crippen LogP contribution in [0, 0.1) is 11.8 Å². The van der Waals surface area contributed by atoms with E-state index in [-0.39, 0.29) is 0 Å². The van der Waals surface area contributed by atoms with Gasteiger partial charge in [-0.15, -0.1) is 11.3 Å². The molecule has 8 aromatic carbocycles. The highest BCUT2D eigenvalue weighted by Crippen LogP contribution is 2.53. The van der Waals surface area contributed by atoms with Crippen LogP contribution in [0.2, 0.25) is 0 Å². The van der Waals surface area contributed by atoms with Gasteiger partial charge in [0.25, 0.3) is 0 Å². The predicted octanol–water partition coefficient (Wildman–Crippen LogP) is 15.8. The fraction of sp³-hybridized carbons (Fsp3) is 0.132. The Balaban J connectivity index is 0.991. The van der Waals surface area contributed by atoms with E-state index in [1.54, 1.807) is 0 Å². The van der Waals surface area contributed by atoms with Crippen molar-refractivity contribution in [3.8, 4) is 22.3 Å². The first-order valence-corrected chi connectivity index (χ1v) is 20.9. The van der Waals surface area contributed by atoms with Crippen LogP contribution in [0.4, 0.5) is 17.1 Å². The van der Waals surface area contributed by atoms with Crippen molar-refractivity contribution in [2.24, 2.45) is 11.8 Å². The van der Waals surface area contributed by atoms with Gasteiger partial charge in [-0.25, -0.2) is 0 Å². The van der Waals surface area contributed by atoms with Gasteiger partial charge in [0.05, 0.1) is 0 Å². The summed E-state index contributed by atoms with van der Waals surface area (Å²) in [6.07, 6.45) is 5.58. The Hall–Kier alpha value is -6.16. The Morgan fingerprint density at radius 1 is 0.482 bits per heavy atom. The molecule has 0 radical (unpaired) electrons. The average molecular weight is 738 g/mol. The second-order valence-corrected chi connectivity index (χ2v) is 17.1. The fourth-order valence-electron chi connectivity index (χ4n) is 10.3. The first-order chi connectivity index (χ1) is 27.7. The van der Waals surface area contributed by atoms with Crippen molar-refractivity contribution < 1.29 is 4.42 Å². The van der Waals surface area contributed by atoms with Crippen LogP contribution in [0.25, 0.3) is 75.1 Å². The van der Waals surface area contributed by atoms with Gasteiger partial charge < -0.3 is 9.32 Å². The maximum Gasteiger partial charge on any atom is 0.137 e. The van der Waals surface area contributed by atoms with E-state index in [0.717, 1.165) is 40.1 Å². The quantitative estimate of drug-likeness (QED) is 0.169. The molecule has 3 heteroatoms. The maximum absolute atomic E-state index is 6.65. The highest BCUT2D eigenvalue weighted by Gasteiger charge is 2.40. The van der Waals surface area contributed by atoms with Gasteiger partial charge in [-0.1, -0.05) is 110 Å². The third-order valence-electron chi connectivity index (χ3n) is 12.9. The molecule has 2 aromatic heterocycles. The van der Waals surface area contributed by atoms with Crippen molar-refractivity contribution in [1.82, 2.24) is 0 Å². The van der Waals surface area contributed by atoms with Gasteiger partial charge in [0.1, 0.15) is 11.2 Å². The van der Waals surface area contributed by atoms with Crippen LogP contribution in [-0.2, 0) is 0 Å². The van der Waals surface area contributed by atoms with Crippen LogP contribution >= 0.6 is 11.3 Å². The van der Waals surface area contributed by atoms with Crippen LogP contribution in [0.5, 0.6) is 0 Å². The van der Waals surface area contributed by atoms with Crippen molar-refractivity contribution >= 4 is 81.3 Å². The molecule has 2 fully saturated rings. The largest absolute Gasteiger partial charge is 0.456 e. The summed E-state index contributed by atoms with van der Waals surface area (Å²) in [4.78, 5) is 2.39. The Morgan fingerprint density at radius 2 is 1.21 bits per heavy atom. The van der Waals surface area contributed by atoms with E-state index < -0.39 is 0 Å². The zero-order valence-corrected chi connectivity index (χ0v) is 31.8. The Bertz CT molecular complexity index is 3110. The standard InChI is InChI=1S/C53H39NOS/c1-2-8-34(9-3-1)42-13-6-10-36-11-7-14-43(53(36)42)35-18-21-39(22-19-35)54(40-24-27-52-48(31-40)45-12-4-5-15-51(45)56-52)41-23-25-44-47-30-38(20-26-49(47)55-50(44)32-41)46-29-33-16-17-37(46)28-33/h1-15,18-27,30-33,37,46H,16-17,28-29H2/t33-,37?,46?/m1/s1. The van der Waals surface area contributed by atoms with Gasteiger partial charge in [0.15, 0.2) is 0 Å². The van der Waals surface area contributed by atoms with E-state index in [0.29, 0.717) is 5.92 Å². The van der Waals surface area contributed by atoms with Gasteiger partial charge in [-0.05, 0) is 136 Å². The molecule has 0 spiro atoms. The molecule has 0 amide bonds. The van der Waals surface area contributed by atoms with Crippen molar-refractivity contribution in [2.75, 3.05) is 4.90 Å². The van der Waals surface area contributed by atoms with E-state index in [1.165, 1.54) is 95.2 Å². The van der Waals surface area contributed by atoms with E-state index in [4.69, 9.17) is 4.42 Å². The molecule has 0 saturated heterocycles. The van der Waals surface area contributed by atoms with Crippen molar-refractivity contribution in [1.29, 1.82) is 0 Å². The molecule has 2 nitrogen and oxygen atoms in total. The summed E-state index contributed by atoms with van der Waals surface area (Å²) in [5, 5.41) is 7.53. The lowest BCUT2D eigenvalue weighted by Gasteiger charge is -2.26. The average Bonchev–Trinajstić information content (AvgIpc) is 4.06. The maximum atomic E-state index is 6.65. The van der Waals surface area contributed by atoms with E-state index in [1.807, 2.05) is 11.3 Å². The van der Waals surface area contributed by atoms with Gasteiger partial charge in [0.2, 0.25) is 0 Å². The van der Waals surface area contributed by atoms with Crippen molar-refractivity contribution in [2.45, 2.75) is 31.6 Å². The van der Waals surface area contributed by atoms with E-state index in [9.17, 15) is 0 Å². The first-order valence-electron chi connectivity index (χ1n) is 20.1. The number of fused-ring (bicyclic) bond motifs is 9. The highest BCUT2D eigenvalue weighted by atomic mass is 32.1. The van der Waals surface area contributed by atoms with E-state index in [2.05, 4.69) is 175 Å². The highest BCUT2D eigenvalue weighted by molar-refractivity contribution is 7.25. The summed E-state index contributed by atoms with van der Waals surface area (Å²) in [5.41, 5.74) is 11.6. The molecule has 268 valence electrons. The number of furan rings is 1. The minimum atomic E-state index is 0.697. The Labute approximate surface area is 330 Å². The number of hydrogen-bond donors (Lipinski definition) is 0. The lowest BCUT2D eigenvalue weighted by Crippen LogP contribution is -2.09. The minimum absolute atomic E-state index is 0.697. The minimum Gasteiger partial charge on any atom is -0.456 e. The summed E-state index contributed by atoms with van der Waals surface area (Å²) >= 11 is 1.86. The lowest BCUT2D eigenvalue weighted by molar-refractivity contribution is 0.420. The lowest BCUT2D eigenvalue weighted by atomic mass is 9.83. The number of thiophene rings is 1. The molecule has 2 aliphatic rings. The number of benzene rings is 8. The summed E-state index contributed by atoms with van der Waals surface area (Å²) in [6, 6.07) is 62.6. The molecule has 2 saturated carbocycles. The van der Waals surface area contributed by atoms with Gasteiger partial charge in [0, 0.05) is 54.1 Å². The molecule has 0 N–H and O–H groups in total. The molecule has 3 atom stereocenters. The molecule has 12 rings (SSSR count). The third kappa shape index (κ3) is 5.14. The second-order valence-electron chi connectivity index (χ2n) is 16.1. The third-order valence-corrected chi connectivity index (χ3v) is 14.1. The molecule has 2 bridgehead atoms. The normalized spacial score (nSPS) is 17.9.